The minimum atomic E-state index is -0.574. The van der Waals surface area contributed by atoms with Crippen LogP contribution >= 0.6 is 0 Å². The van der Waals surface area contributed by atoms with Crippen LogP contribution in [0.4, 0.5) is 0 Å². The van der Waals surface area contributed by atoms with E-state index in [1.165, 1.54) is 0 Å². The van der Waals surface area contributed by atoms with Crippen LogP contribution in [0.25, 0.3) is 0 Å². The summed E-state index contributed by atoms with van der Waals surface area (Å²) in [5.74, 6) is 5.35. The molecule has 1 aromatic carbocycles. The highest BCUT2D eigenvalue weighted by atomic mass is 16.5. The van der Waals surface area contributed by atoms with E-state index in [0.717, 1.165) is 5.56 Å². The fourth-order valence-corrected chi connectivity index (χ4v) is 0.984. The predicted molar refractivity (Wildman–Crippen MR) is 55.6 cm³/mol. The Hall–Kier alpha value is -1.30. The van der Waals surface area contributed by atoms with E-state index < -0.39 is 6.10 Å². The first kappa shape index (κ1) is 10.8. The highest BCUT2D eigenvalue weighted by Gasteiger charge is 1.89. The molecule has 0 aromatic heterocycles. The maximum absolute atomic E-state index is 8.84. The summed E-state index contributed by atoms with van der Waals surface area (Å²) in [6.07, 6.45) is -0.574. The van der Waals surface area contributed by atoms with Crippen molar-refractivity contribution < 1.29 is 9.84 Å². The molecular formula is C12H14O2. The lowest BCUT2D eigenvalue weighted by molar-refractivity contribution is 0.153. The van der Waals surface area contributed by atoms with Gasteiger partial charge in [0.1, 0.15) is 12.7 Å². The molecule has 0 aliphatic carbocycles. The second kappa shape index (κ2) is 6.20. The van der Waals surface area contributed by atoms with Gasteiger partial charge in [-0.2, -0.15) is 0 Å². The van der Waals surface area contributed by atoms with Crippen molar-refractivity contribution in [3.8, 4) is 11.8 Å². The molecule has 0 radical (unpaired) electrons. The molecule has 1 rings (SSSR count). The minimum absolute atomic E-state index is 0.361. The fourth-order valence-electron chi connectivity index (χ4n) is 0.984. The average Bonchev–Trinajstić information content (AvgIpc) is 2.18. The lowest BCUT2D eigenvalue weighted by Crippen LogP contribution is -1.96. The van der Waals surface area contributed by atoms with Crippen LogP contribution in [0.3, 0.4) is 0 Å². The van der Waals surface area contributed by atoms with E-state index in [1.54, 1.807) is 6.92 Å². The van der Waals surface area contributed by atoms with Crippen LogP contribution in [0.5, 0.6) is 0 Å². The molecule has 0 aliphatic heterocycles. The zero-order valence-electron chi connectivity index (χ0n) is 8.23. The van der Waals surface area contributed by atoms with Gasteiger partial charge in [-0.3, -0.25) is 0 Å². The number of ether oxygens (including phenoxy) is 1. The molecule has 0 spiro atoms. The number of hydrogen-bond donors (Lipinski definition) is 1. The molecule has 1 aromatic rings. The second-order valence-corrected chi connectivity index (χ2v) is 2.98. The van der Waals surface area contributed by atoms with Gasteiger partial charge >= 0.3 is 0 Å². The van der Waals surface area contributed by atoms with Gasteiger partial charge in [0.2, 0.25) is 0 Å². The first-order valence-electron chi connectivity index (χ1n) is 4.57. The molecule has 2 heteroatoms. The third-order valence-corrected chi connectivity index (χ3v) is 1.60. The minimum Gasteiger partial charge on any atom is -0.381 e. The monoisotopic (exact) mass is 190 g/mol. The zero-order valence-corrected chi connectivity index (χ0v) is 8.23. The Morgan fingerprint density at radius 3 is 2.71 bits per heavy atom. The summed E-state index contributed by atoms with van der Waals surface area (Å²) >= 11 is 0. The standard InChI is InChI=1S/C12H14O2/c1-11(13)6-5-9-14-10-12-7-3-2-4-8-12/h2-4,7-8,11,13H,9-10H2,1H3/t11-/m0/s1. The fraction of sp³-hybridized carbons (Fsp3) is 0.333. The maximum Gasteiger partial charge on any atom is 0.112 e. The van der Waals surface area contributed by atoms with Crippen LogP contribution in [0.15, 0.2) is 30.3 Å². The van der Waals surface area contributed by atoms with E-state index in [4.69, 9.17) is 9.84 Å². The molecule has 0 saturated carbocycles. The van der Waals surface area contributed by atoms with Crippen LogP contribution in [0, 0.1) is 11.8 Å². The molecule has 1 atom stereocenters. The van der Waals surface area contributed by atoms with Gasteiger partial charge in [-0.1, -0.05) is 42.2 Å². The Morgan fingerprint density at radius 1 is 1.36 bits per heavy atom. The van der Waals surface area contributed by atoms with Gasteiger partial charge in [0, 0.05) is 0 Å². The lowest BCUT2D eigenvalue weighted by Gasteiger charge is -1.99. The van der Waals surface area contributed by atoms with E-state index in [-0.39, 0.29) is 0 Å². The molecule has 0 aliphatic rings. The first-order chi connectivity index (χ1) is 6.79. The molecule has 0 fully saturated rings. The van der Waals surface area contributed by atoms with Crippen molar-refractivity contribution in [3.63, 3.8) is 0 Å². The van der Waals surface area contributed by atoms with Crippen molar-refractivity contribution in [1.82, 2.24) is 0 Å². The molecular weight excluding hydrogens is 176 g/mol. The van der Waals surface area contributed by atoms with Gasteiger partial charge in [-0.25, -0.2) is 0 Å². The molecule has 1 N–H and O–H groups in total. The number of aliphatic hydroxyl groups excluding tert-OH is 1. The normalized spacial score (nSPS) is 11.6. The summed E-state index contributed by atoms with van der Waals surface area (Å²) in [5, 5.41) is 8.84. The number of rotatable bonds is 3. The van der Waals surface area contributed by atoms with Crippen LogP contribution in [-0.2, 0) is 11.3 Å². The van der Waals surface area contributed by atoms with Gasteiger partial charge in [-0.15, -0.1) is 0 Å². The summed E-state index contributed by atoms with van der Waals surface area (Å²) in [5.41, 5.74) is 1.13. The third kappa shape index (κ3) is 4.66. The summed E-state index contributed by atoms with van der Waals surface area (Å²) in [6.45, 7) is 2.55. The molecule has 2 nitrogen and oxygen atoms in total. The summed E-state index contributed by atoms with van der Waals surface area (Å²) in [6, 6.07) is 9.92. The quantitative estimate of drug-likeness (QED) is 0.579. The second-order valence-electron chi connectivity index (χ2n) is 2.98. The molecule has 0 amide bonds. The summed E-state index contributed by atoms with van der Waals surface area (Å²) in [7, 11) is 0. The molecule has 0 unspecified atom stereocenters. The van der Waals surface area contributed by atoms with Crippen molar-refractivity contribution >= 4 is 0 Å². The largest absolute Gasteiger partial charge is 0.381 e. The van der Waals surface area contributed by atoms with Crippen molar-refractivity contribution in [2.24, 2.45) is 0 Å². The Balaban J connectivity index is 2.21. The summed E-state index contributed by atoms with van der Waals surface area (Å²) in [4.78, 5) is 0. The van der Waals surface area contributed by atoms with E-state index >= 15 is 0 Å². The van der Waals surface area contributed by atoms with Gasteiger partial charge in [0.25, 0.3) is 0 Å². The zero-order chi connectivity index (χ0) is 10.2. The Bertz CT molecular complexity index is 306. The van der Waals surface area contributed by atoms with Crippen LogP contribution in [-0.4, -0.2) is 17.8 Å². The van der Waals surface area contributed by atoms with Crippen molar-refractivity contribution in [1.29, 1.82) is 0 Å². The van der Waals surface area contributed by atoms with Gasteiger partial charge in [0.15, 0.2) is 0 Å². The molecule has 74 valence electrons. The summed E-state index contributed by atoms with van der Waals surface area (Å²) < 4.78 is 5.29. The Kier molecular flexibility index (Phi) is 4.77. The van der Waals surface area contributed by atoms with E-state index in [1.807, 2.05) is 30.3 Å². The molecule has 0 saturated heterocycles. The van der Waals surface area contributed by atoms with Crippen molar-refractivity contribution in [3.05, 3.63) is 35.9 Å². The van der Waals surface area contributed by atoms with Crippen LogP contribution < -0.4 is 0 Å². The van der Waals surface area contributed by atoms with Gasteiger partial charge in [0.05, 0.1) is 6.61 Å². The average molecular weight is 190 g/mol. The van der Waals surface area contributed by atoms with Gasteiger partial charge in [-0.05, 0) is 12.5 Å². The highest BCUT2D eigenvalue weighted by molar-refractivity contribution is 5.13. The van der Waals surface area contributed by atoms with Crippen LogP contribution in [0.2, 0.25) is 0 Å². The van der Waals surface area contributed by atoms with Crippen LogP contribution in [0.1, 0.15) is 12.5 Å². The third-order valence-electron chi connectivity index (χ3n) is 1.60. The smallest absolute Gasteiger partial charge is 0.112 e. The maximum atomic E-state index is 8.84. The lowest BCUT2D eigenvalue weighted by atomic mass is 10.2. The molecule has 0 heterocycles. The van der Waals surface area contributed by atoms with E-state index in [0.29, 0.717) is 13.2 Å². The Labute approximate surface area is 84.5 Å². The van der Waals surface area contributed by atoms with Crippen molar-refractivity contribution in [2.75, 3.05) is 6.61 Å². The van der Waals surface area contributed by atoms with E-state index in [9.17, 15) is 0 Å². The molecule has 0 bridgehead atoms. The SMILES string of the molecule is C[C@H](O)C#CCOCc1ccccc1. The highest BCUT2D eigenvalue weighted by Crippen LogP contribution is 1.99. The van der Waals surface area contributed by atoms with Crippen molar-refractivity contribution in [2.45, 2.75) is 19.6 Å². The predicted octanol–water partition coefficient (Wildman–Crippen LogP) is 1.59. The topological polar surface area (TPSA) is 29.5 Å². The number of hydrogen-bond acceptors (Lipinski definition) is 2. The first-order valence-corrected chi connectivity index (χ1v) is 4.57. The number of benzene rings is 1. The number of aliphatic hydroxyl groups is 1. The van der Waals surface area contributed by atoms with Gasteiger partial charge < -0.3 is 9.84 Å². The Morgan fingerprint density at radius 2 is 2.07 bits per heavy atom. The van der Waals surface area contributed by atoms with E-state index in [2.05, 4.69) is 11.8 Å². The molecule has 14 heavy (non-hydrogen) atoms.